The van der Waals surface area contributed by atoms with Crippen molar-refractivity contribution in [3.05, 3.63) is 29.8 Å². The molecule has 0 amide bonds. The first-order chi connectivity index (χ1) is 7.90. The van der Waals surface area contributed by atoms with Crippen LogP contribution in [-0.4, -0.2) is 17.3 Å². The van der Waals surface area contributed by atoms with Crippen molar-refractivity contribution in [2.45, 2.75) is 13.3 Å². The van der Waals surface area contributed by atoms with E-state index in [0.717, 1.165) is 12.1 Å². The Bertz CT molecular complexity index is 466. The van der Waals surface area contributed by atoms with Gasteiger partial charge in [-0.1, -0.05) is 11.1 Å². The number of ether oxygens (including phenoxy) is 1. The van der Waals surface area contributed by atoms with Crippen molar-refractivity contribution in [1.29, 1.82) is 0 Å². The SMILES string of the molecule is C/C(C#Cc1ccc(OC(F)(F)F)cc1)=N\O. The molecule has 0 unspecified atom stereocenters. The zero-order valence-corrected chi connectivity index (χ0v) is 8.75. The Labute approximate surface area is 95.5 Å². The van der Waals surface area contributed by atoms with Crippen LogP contribution in [0.4, 0.5) is 13.2 Å². The summed E-state index contributed by atoms with van der Waals surface area (Å²) in [6, 6.07) is 5.06. The van der Waals surface area contributed by atoms with Crippen LogP contribution in [-0.2, 0) is 0 Å². The second kappa shape index (κ2) is 5.25. The van der Waals surface area contributed by atoms with Crippen molar-refractivity contribution in [3.8, 4) is 17.6 Å². The van der Waals surface area contributed by atoms with Crippen LogP contribution in [0.25, 0.3) is 0 Å². The van der Waals surface area contributed by atoms with Crippen molar-refractivity contribution in [2.24, 2.45) is 5.16 Å². The Morgan fingerprint density at radius 3 is 2.35 bits per heavy atom. The molecule has 6 heteroatoms. The van der Waals surface area contributed by atoms with E-state index >= 15 is 0 Å². The van der Waals surface area contributed by atoms with Crippen LogP contribution in [0, 0.1) is 11.8 Å². The van der Waals surface area contributed by atoms with E-state index in [0.29, 0.717) is 5.56 Å². The zero-order valence-electron chi connectivity index (χ0n) is 8.75. The first-order valence-electron chi connectivity index (χ1n) is 4.47. The average molecular weight is 243 g/mol. The Morgan fingerprint density at radius 2 is 1.88 bits per heavy atom. The largest absolute Gasteiger partial charge is 0.573 e. The number of benzene rings is 1. The number of alkyl halides is 3. The van der Waals surface area contributed by atoms with Gasteiger partial charge in [-0.25, -0.2) is 0 Å². The molecule has 0 bridgehead atoms. The zero-order chi connectivity index (χ0) is 12.9. The van der Waals surface area contributed by atoms with Crippen LogP contribution in [0.1, 0.15) is 12.5 Å². The summed E-state index contributed by atoms with van der Waals surface area (Å²) in [5.74, 6) is 4.80. The van der Waals surface area contributed by atoms with Crippen LogP contribution in [0.5, 0.6) is 5.75 Å². The fourth-order valence-electron chi connectivity index (χ4n) is 0.928. The predicted octanol–water partition coefficient (Wildman–Crippen LogP) is 2.79. The lowest BCUT2D eigenvalue weighted by Gasteiger charge is -2.07. The highest BCUT2D eigenvalue weighted by atomic mass is 19.4. The van der Waals surface area contributed by atoms with E-state index in [4.69, 9.17) is 5.21 Å². The highest BCUT2D eigenvalue weighted by Crippen LogP contribution is 2.22. The molecule has 3 nitrogen and oxygen atoms in total. The number of rotatable bonds is 1. The van der Waals surface area contributed by atoms with E-state index in [2.05, 4.69) is 21.7 Å². The molecule has 0 radical (unpaired) electrons. The summed E-state index contributed by atoms with van der Waals surface area (Å²) in [6.07, 6.45) is -4.70. The van der Waals surface area contributed by atoms with Crippen LogP contribution in [0.2, 0.25) is 0 Å². The molecule has 1 rings (SSSR count). The molecule has 0 aliphatic heterocycles. The van der Waals surface area contributed by atoms with E-state index < -0.39 is 6.36 Å². The van der Waals surface area contributed by atoms with Gasteiger partial charge in [-0.3, -0.25) is 0 Å². The Kier molecular flexibility index (Phi) is 3.99. The van der Waals surface area contributed by atoms with Gasteiger partial charge in [-0.05, 0) is 37.1 Å². The lowest BCUT2D eigenvalue weighted by Crippen LogP contribution is -2.16. The molecule has 0 aromatic heterocycles. The minimum Gasteiger partial charge on any atom is -0.410 e. The molecule has 90 valence electrons. The Hall–Kier alpha value is -2.16. The van der Waals surface area contributed by atoms with Gasteiger partial charge in [-0.2, -0.15) is 0 Å². The van der Waals surface area contributed by atoms with Crippen LogP contribution in [0.3, 0.4) is 0 Å². The Balaban J connectivity index is 2.77. The minimum absolute atomic E-state index is 0.209. The summed E-state index contributed by atoms with van der Waals surface area (Å²) in [4.78, 5) is 0. The van der Waals surface area contributed by atoms with Gasteiger partial charge in [-0.15, -0.1) is 13.2 Å². The summed E-state index contributed by atoms with van der Waals surface area (Å²) in [5, 5.41) is 11.2. The van der Waals surface area contributed by atoms with Gasteiger partial charge in [0.1, 0.15) is 11.5 Å². The van der Waals surface area contributed by atoms with Gasteiger partial charge in [0.05, 0.1) is 0 Å². The molecule has 1 aromatic carbocycles. The number of halogens is 3. The molecule has 0 saturated carbocycles. The smallest absolute Gasteiger partial charge is 0.410 e. The molecule has 0 aliphatic carbocycles. The summed E-state index contributed by atoms with van der Waals surface area (Å²) < 4.78 is 39.2. The first-order valence-corrected chi connectivity index (χ1v) is 4.47. The van der Waals surface area contributed by atoms with Crippen molar-refractivity contribution in [1.82, 2.24) is 0 Å². The van der Waals surface area contributed by atoms with E-state index in [9.17, 15) is 13.2 Å². The van der Waals surface area contributed by atoms with Crippen molar-refractivity contribution < 1.29 is 23.1 Å². The fraction of sp³-hybridized carbons (Fsp3) is 0.182. The molecular formula is C11H8F3NO2. The van der Waals surface area contributed by atoms with Gasteiger partial charge in [0.15, 0.2) is 0 Å². The summed E-state index contributed by atoms with van der Waals surface area (Å²) >= 11 is 0. The molecule has 0 fully saturated rings. The maximum atomic E-state index is 11.8. The standard InChI is InChI=1S/C11H8F3NO2/c1-8(15-16)2-3-9-4-6-10(7-5-9)17-11(12,13)14/h4-7,16H,1H3/b15-8+. The second-order valence-electron chi connectivity index (χ2n) is 3.01. The summed E-state index contributed by atoms with van der Waals surface area (Å²) in [7, 11) is 0. The van der Waals surface area contributed by atoms with Crippen molar-refractivity contribution in [2.75, 3.05) is 0 Å². The molecule has 0 spiro atoms. The lowest BCUT2D eigenvalue weighted by molar-refractivity contribution is -0.274. The third kappa shape index (κ3) is 4.93. The first kappa shape index (κ1) is 12.9. The summed E-state index contributed by atoms with van der Waals surface area (Å²) in [5.41, 5.74) is 0.697. The maximum absolute atomic E-state index is 11.8. The number of hydrogen-bond acceptors (Lipinski definition) is 3. The topological polar surface area (TPSA) is 41.8 Å². The lowest BCUT2D eigenvalue weighted by atomic mass is 10.2. The molecule has 0 saturated heterocycles. The van der Waals surface area contributed by atoms with Crippen molar-refractivity contribution >= 4 is 5.71 Å². The van der Waals surface area contributed by atoms with E-state index in [1.54, 1.807) is 0 Å². The van der Waals surface area contributed by atoms with Gasteiger partial charge in [0, 0.05) is 5.56 Å². The third-order valence-electron chi connectivity index (χ3n) is 1.63. The number of nitrogens with zero attached hydrogens (tertiary/aromatic N) is 1. The quantitative estimate of drug-likeness (QED) is 0.356. The van der Waals surface area contributed by atoms with Gasteiger partial charge >= 0.3 is 6.36 Å². The second-order valence-corrected chi connectivity index (χ2v) is 3.01. The number of hydrogen-bond donors (Lipinski definition) is 1. The predicted molar refractivity (Wildman–Crippen MR) is 54.9 cm³/mol. The van der Waals surface area contributed by atoms with Crippen molar-refractivity contribution in [3.63, 3.8) is 0 Å². The molecule has 0 aliphatic rings. The molecule has 0 heterocycles. The Morgan fingerprint density at radius 1 is 1.29 bits per heavy atom. The van der Waals surface area contributed by atoms with E-state index in [1.807, 2.05) is 0 Å². The van der Waals surface area contributed by atoms with Gasteiger partial charge < -0.3 is 9.94 Å². The normalized spacial score (nSPS) is 11.6. The molecule has 1 aromatic rings. The maximum Gasteiger partial charge on any atom is 0.573 e. The molecule has 0 atom stereocenters. The van der Waals surface area contributed by atoms with Gasteiger partial charge in [0.2, 0.25) is 0 Å². The molecular weight excluding hydrogens is 235 g/mol. The third-order valence-corrected chi connectivity index (χ3v) is 1.63. The molecule has 17 heavy (non-hydrogen) atoms. The summed E-state index contributed by atoms with van der Waals surface area (Å²) in [6.45, 7) is 1.49. The number of oxime groups is 1. The highest BCUT2D eigenvalue weighted by molar-refractivity contribution is 5.98. The van der Waals surface area contributed by atoms with E-state index in [1.165, 1.54) is 19.1 Å². The monoisotopic (exact) mass is 243 g/mol. The minimum atomic E-state index is -4.70. The van der Waals surface area contributed by atoms with E-state index in [-0.39, 0.29) is 11.5 Å². The molecule has 1 N–H and O–H groups in total. The van der Waals surface area contributed by atoms with Crippen LogP contribution in [0.15, 0.2) is 29.4 Å². The van der Waals surface area contributed by atoms with Gasteiger partial charge in [0.25, 0.3) is 0 Å². The fourth-order valence-corrected chi connectivity index (χ4v) is 0.928. The average Bonchev–Trinajstić information content (AvgIpc) is 2.25. The highest BCUT2D eigenvalue weighted by Gasteiger charge is 2.30. The van der Waals surface area contributed by atoms with Crippen LogP contribution >= 0.6 is 0 Å². The van der Waals surface area contributed by atoms with Crippen LogP contribution < -0.4 is 4.74 Å².